The average Bonchev–Trinajstić information content (AvgIpc) is 2.93. The van der Waals surface area contributed by atoms with E-state index < -0.39 is 0 Å². The lowest BCUT2D eigenvalue weighted by atomic mass is 9.99. The number of hydrogen-bond acceptors (Lipinski definition) is 3. The SMILES string of the molecule is CCC1OCCC1CNC(=O)c1ccccc1CCN. The summed E-state index contributed by atoms with van der Waals surface area (Å²) < 4.78 is 5.65. The smallest absolute Gasteiger partial charge is 0.251 e. The molecule has 1 fully saturated rings. The van der Waals surface area contributed by atoms with Crippen LogP contribution in [0, 0.1) is 5.92 Å². The third-order valence-corrected chi connectivity index (χ3v) is 3.95. The average molecular weight is 276 g/mol. The van der Waals surface area contributed by atoms with Crippen LogP contribution in [0.1, 0.15) is 35.7 Å². The molecule has 4 nitrogen and oxygen atoms in total. The molecule has 3 N–H and O–H groups in total. The van der Waals surface area contributed by atoms with Gasteiger partial charge in [-0.15, -0.1) is 0 Å². The molecule has 2 rings (SSSR count). The molecule has 0 saturated carbocycles. The predicted octanol–water partition coefficient (Wildman–Crippen LogP) is 1.73. The number of nitrogens with one attached hydrogen (secondary N) is 1. The highest BCUT2D eigenvalue weighted by molar-refractivity contribution is 5.95. The van der Waals surface area contributed by atoms with Crippen LogP contribution in [0.2, 0.25) is 0 Å². The van der Waals surface area contributed by atoms with Gasteiger partial charge in [-0.1, -0.05) is 25.1 Å². The monoisotopic (exact) mass is 276 g/mol. The van der Waals surface area contributed by atoms with Crippen LogP contribution in [-0.2, 0) is 11.2 Å². The molecular weight excluding hydrogens is 252 g/mol. The molecule has 1 aliphatic rings. The molecule has 1 aromatic carbocycles. The third kappa shape index (κ3) is 3.58. The first kappa shape index (κ1) is 15.0. The van der Waals surface area contributed by atoms with Crippen LogP contribution in [0.3, 0.4) is 0 Å². The van der Waals surface area contributed by atoms with Gasteiger partial charge in [0.25, 0.3) is 5.91 Å². The number of nitrogens with two attached hydrogens (primary N) is 1. The summed E-state index contributed by atoms with van der Waals surface area (Å²) in [6.07, 6.45) is 3.05. The van der Waals surface area contributed by atoms with Gasteiger partial charge in [-0.2, -0.15) is 0 Å². The lowest BCUT2D eigenvalue weighted by Gasteiger charge is -2.17. The van der Waals surface area contributed by atoms with E-state index in [9.17, 15) is 4.79 Å². The number of ether oxygens (including phenoxy) is 1. The molecule has 1 heterocycles. The summed E-state index contributed by atoms with van der Waals surface area (Å²) in [6, 6.07) is 7.67. The summed E-state index contributed by atoms with van der Waals surface area (Å²) in [5.74, 6) is 0.432. The highest BCUT2D eigenvalue weighted by Gasteiger charge is 2.27. The zero-order valence-electron chi connectivity index (χ0n) is 12.1. The van der Waals surface area contributed by atoms with Crippen LogP contribution in [0.4, 0.5) is 0 Å². The van der Waals surface area contributed by atoms with Crippen LogP contribution in [0.25, 0.3) is 0 Å². The van der Waals surface area contributed by atoms with Gasteiger partial charge in [0.15, 0.2) is 0 Å². The standard InChI is InChI=1S/C16H24N2O2/c1-2-15-13(8-10-20-15)11-18-16(19)14-6-4-3-5-12(14)7-9-17/h3-6,13,15H,2,7-11,17H2,1H3,(H,18,19). The van der Waals surface area contributed by atoms with Crippen molar-refractivity contribution in [1.29, 1.82) is 0 Å². The molecule has 20 heavy (non-hydrogen) atoms. The van der Waals surface area contributed by atoms with Crippen LogP contribution in [0.15, 0.2) is 24.3 Å². The van der Waals surface area contributed by atoms with Crippen LogP contribution < -0.4 is 11.1 Å². The van der Waals surface area contributed by atoms with Crippen molar-refractivity contribution in [3.05, 3.63) is 35.4 Å². The van der Waals surface area contributed by atoms with Crippen molar-refractivity contribution in [2.45, 2.75) is 32.3 Å². The zero-order valence-corrected chi connectivity index (χ0v) is 12.1. The summed E-state index contributed by atoms with van der Waals surface area (Å²) in [7, 11) is 0. The third-order valence-electron chi connectivity index (χ3n) is 3.95. The second-order valence-corrected chi connectivity index (χ2v) is 5.27. The van der Waals surface area contributed by atoms with Gasteiger partial charge < -0.3 is 15.8 Å². The van der Waals surface area contributed by atoms with E-state index >= 15 is 0 Å². The number of hydrogen-bond donors (Lipinski definition) is 2. The summed E-state index contributed by atoms with van der Waals surface area (Å²) in [5, 5.41) is 3.04. The summed E-state index contributed by atoms with van der Waals surface area (Å²) in [5.41, 5.74) is 7.35. The van der Waals surface area contributed by atoms with E-state index in [1.165, 1.54) is 0 Å². The van der Waals surface area contributed by atoms with E-state index in [0.29, 0.717) is 19.0 Å². The summed E-state index contributed by atoms with van der Waals surface area (Å²) in [6.45, 7) is 4.18. The minimum absolute atomic E-state index is 0.00389. The maximum absolute atomic E-state index is 12.3. The summed E-state index contributed by atoms with van der Waals surface area (Å²) in [4.78, 5) is 12.3. The van der Waals surface area contributed by atoms with Gasteiger partial charge in [-0.3, -0.25) is 4.79 Å². The van der Waals surface area contributed by atoms with Crippen molar-refractivity contribution in [1.82, 2.24) is 5.32 Å². The van der Waals surface area contributed by atoms with Crippen molar-refractivity contribution < 1.29 is 9.53 Å². The Morgan fingerprint density at radius 2 is 2.25 bits per heavy atom. The zero-order chi connectivity index (χ0) is 14.4. The second kappa shape index (κ2) is 7.41. The molecule has 0 aliphatic carbocycles. The Morgan fingerprint density at radius 1 is 1.45 bits per heavy atom. The second-order valence-electron chi connectivity index (χ2n) is 5.27. The molecule has 1 aromatic rings. The van der Waals surface area contributed by atoms with Crippen molar-refractivity contribution in [2.75, 3.05) is 19.7 Å². The van der Waals surface area contributed by atoms with E-state index in [2.05, 4.69) is 12.2 Å². The minimum atomic E-state index is -0.00389. The number of benzene rings is 1. The molecule has 0 radical (unpaired) electrons. The molecule has 0 spiro atoms. The van der Waals surface area contributed by atoms with Gasteiger partial charge in [0.05, 0.1) is 6.10 Å². The van der Waals surface area contributed by atoms with Crippen LogP contribution in [0.5, 0.6) is 0 Å². The molecule has 2 atom stereocenters. The van der Waals surface area contributed by atoms with Crippen molar-refractivity contribution >= 4 is 5.91 Å². The number of carbonyl (C=O) groups is 1. The van der Waals surface area contributed by atoms with E-state index in [1.54, 1.807) is 0 Å². The van der Waals surface area contributed by atoms with Gasteiger partial charge in [-0.25, -0.2) is 0 Å². The number of carbonyl (C=O) groups excluding carboxylic acids is 1. The number of rotatable bonds is 6. The Kier molecular flexibility index (Phi) is 5.56. The van der Waals surface area contributed by atoms with Crippen molar-refractivity contribution in [3.63, 3.8) is 0 Å². The Morgan fingerprint density at radius 3 is 3.00 bits per heavy atom. The molecular formula is C16H24N2O2. The lowest BCUT2D eigenvalue weighted by molar-refractivity contribution is 0.0826. The lowest BCUT2D eigenvalue weighted by Crippen LogP contribution is -2.33. The van der Waals surface area contributed by atoms with E-state index in [1.807, 2.05) is 24.3 Å². The van der Waals surface area contributed by atoms with Gasteiger partial charge in [0.2, 0.25) is 0 Å². The quantitative estimate of drug-likeness (QED) is 0.831. The highest BCUT2D eigenvalue weighted by Crippen LogP contribution is 2.22. The van der Waals surface area contributed by atoms with Gasteiger partial charge in [0.1, 0.15) is 0 Å². The fraction of sp³-hybridized carbons (Fsp3) is 0.562. The Hall–Kier alpha value is -1.39. The molecule has 0 bridgehead atoms. The highest BCUT2D eigenvalue weighted by atomic mass is 16.5. The molecule has 110 valence electrons. The fourth-order valence-electron chi connectivity index (χ4n) is 2.81. The maximum atomic E-state index is 12.3. The van der Waals surface area contributed by atoms with Crippen LogP contribution >= 0.6 is 0 Å². The Bertz CT molecular complexity index is 448. The van der Waals surface area contributed by atoms with Gasteiger partial charge >= 0.3 is 0 Å². The minimum Gasteiger partial charge on any atom is -0.378 e. The van der Waals surface area contributed by atoms with Gasteiger partial charge in [-0.05, 0) is 37.4 Å². The molecule has 1 saturated heterocycles. The normalized spacial score (nSPS) is 21.9. The maximum Gasteiger partial charge on any atom is 0.251 e. The molecule has 1 amide bonds. The first-order valence-corrected chi connectivity index (χ1v) is 7.44. The molecule has 0 aromatic heterocycles. The van der Waals surface area contributed by atoms with E-state index in [-0.39, 0.29) is 12.0 Å². The topological polar surface area (TPSA) is 64.3 Å². The van der Waals surface area contributed by atoms with E-state index in [4.69, 9.17) is 10.5 Å². The Balaban J connectivity index is 1.95. The molecule has 2 unspecified atom stereocenters. The summed E-state index contributed by atoms with van der Waals surface area (Å²) >= 11 is 0. The van der Waals surface area contributed by atoms with Crippen molar-refractivity contribution in [3.8, 4) is 0 Å². The van der Waals surface area contributed by atoms with E-state index in [0.717, 1.165) is 37.0 Å². The predicted molar refractivity (Wildman–Crippen MR) is 79.7 cm³/mol. The van der Waals surface area contributed by atoms with Crippen molar-refractivity contribution in [2.24, 2.45) is 11.7 Å². The fourth-order valence-corrected chi connectivity index (χ4v) is 2.81. The molecule has 4 heteroatoms. The Labute approximate surface area is 120 Å². The first-order chi connectivity index (χ1) is 9.76. The van der Waals surface area contributed by atoms with Gasteiger partial charge in [0, 0.05) is 24.6 Å². The number of amides is 1. The molecule has 1 aliphatic heterocycles. The van der Waals surface area contributed by atoms with Crippen LogP contribution in [-0.4, -0.2) is 31.7 Å². The first-order valence-electron chi connectivity index (χ1n) is 7.44. The largest absolute Gasteiger partial charge is 0.378 e.